The Morgan fingerprint density at radius 2 is 1.93 bits per heavy atom. The summed E-state index contributed by atoms with van der Waals surface area (Å²) in [6.45, 7) is 1.69. The zero-order valence-electron chi connectivity index (χ0n) is 14.8. The van der Waals surface area contributed by atoms with E-state index in [-0.39, 0.29) is 22.4 Å². The highest BCUT2D eigenvalue weighted by Gasteiger charge is 2.24. The molecule has 0 bridgehead atoms. The highest BCUT2D eigenvalue weighted by molar-refractivity contribution is 8.19. The molecule has 0 aliphatic carbocycles. The molecule has 1 N–H and O–H groups in total. The number of hydrogen-bond donors (Lipinski definition) is 1. The number of nitrogens with one attached hydrogen (secondary N) is 1. The van der Waals surface area contributed by atoms with Gasteiger partial charge in [-0.05, 0) is 29.8 Å². The van der Waals surface area contributed by atoms with Crippen LogP contribution in [0.1, 0.15) is 21.9 Å². The zero-order chi connectivity index (χ0) is 19.4. The molecular weight excluding hydrogens is 426 g/mol. The van der Waals surface area contributed by atoms with Crippen molar-refractivity contribution in [1.29, 1.82) is 0 Å². The third-order valence-corrected chi connectivity index (χ3v) is 9.55. The topological polar surface area (TPSA) is 81.7 Å². The van der Waals surface area contributed by atoms with Crippen LogP contribution < -0.4 is 14.2 Å². The number of carbonyl (C=O) groups is 1. The van der Waals surface area contributed by atoms with Crippen LogP contribution in [-0.2, 0) is 21.5 Å². The molecule has 0 saturated carbocycles. The van der Waals surface area contributed by atoms with Gasteiger partial charge in [-0.1, -0.05) is 6.07 Å². The average Bonchev–Trinajstić information content (AvgIpc) is 3.32. The standard InChI is InChI=1S/C17H19NO5S4/c1-11(19)18-10-13-4-6-16(26-13)27(20,21)23-14-5-3-12(9-15(14)22-2)17-24-7-8-25-17/h3-6,9,17H,7-8,10H2,1-2H3,(H,18,19). The Morgan fingerprint density at radius 3 is 2.59 bits per heavy atom. The van der Waals surface area contributed by atoms with Crippen LogP contribution in [0.3, 0.4) is 0 Å². The summed E-state index contributed by atoms with van der Waals surface area (Å²) in [5.41, 5.74) is 1.08. The molecule has 27 heavy (non-hydrogen) atoms. The molecule has 2 aromatic rings. The first-order valence-corrected chi connectivity index (χ1v) is 12.4. The molecule has 0 spiro atoms. The monoisotopic (exact) mass is 445 g/mol. The first-order chi connectivity index (χ1) is 12.9. The van der Waals surface area contributed by atoms with Crippen LogP contribution in [-0.4, -0.2) is 32.9 Å². The second-order valence-corrected chi connectivity index (χ2v) is 11.3. The van der Waals surface area contributed by atoms with Crippen molar-refractivity contribution in [2.45, 2.75) is 22.3 Å². The minimum Gasteiger partial charge on any atom is -0.493 e. The largest absolute Gasteiger partial charge is 0.493 e. The van der Waals surface area contributed by atoms with Gasteiger partial charge in [-0.3, -0.25) is 4.79 Å². The van der Waals surface area contributed by atoms with Gasteiger partial charge in [0.05, 0.1) is 18.2 Å². The van der Waals surface area contributed by atoms with Crippen LogP contribution in [0.4, 0.5) is 0 Å². The summed E-state index contributed by atoms with van der Waals surface area (Å²) in [5, 5.41) is 2.64. The van der Waals surface area contributed by atoms with E-state index in [1.165, 1.54) is 20.1 Å². The molecule has 1 aliphatic heterocycles. The summed E-state index contributed by atoms with van der Waals surface area (Å²) in [6, 6.07) is 8.48. The Hall–Kier alpha value is -1.36. The Bertz CT molecular complexity index is 919. The molecule has 1 aromatic heterocycles. The molecule has 146 valence electrons. The summed E-state index contributed by atoms with van der Waals surface area (Å²) in [4.78, 5) is 11.7. The maximum atomic E-state index is 12.6. The molecule has 1 saturated heterocycles. The smallest absolute Gasteiger partial charge is 0.348 e. The Kier molecular flexibility index (Phi) is 6.61. The number of thiophene rings is 1. The summed E-state index contributed by atoms with van der Waals surface area (Å²) < 4.78 is 36.3. The maximum absolute atomic E-state index is 12.6. The van der Waals surface area contributed by atoms with E-state index in [2.05, 4.69) is 5.32 Å². The van der Waals surface area contributed by atoms with Crippen molar-refractivity contribution >= 4 is 50.9 Å². The molecule has 0 radical (unpaired) electrons. The normalized spacial score (nSPS) is 14.9. The van der Waals surface area contributed by atoms with Crippen LogP contribution in [0.2, 0.25) is 0 Å². The van der Waals surface area contributed by atoms with Gasteiger partial charge in [0, 0.05) is 23.3 Å². The molecule has 1 fully saturated rings. The fraction of sp³-hybridized carbons (Fsp3) is 0.353. The van der Waals surface area contributed by atoms with E-state index in [1.54, 1.807) is 12.1 Å². The Labute approximate surface area is 171 Å². The summed E-state index contributed by atoms with van der Waals surface area (Å²) in [7, 11) is -2.49. The second kappa shape index (κ2) is 8.76. The molecule has 10 heteroatoms. The van der Waals surface area contributed by atoms with Crippen LogP contribution >= 0.6 is 34.9 Å². The molecule has 1 amide bonds. The number of amides is 1. The molecule has 6 nitrogen and oxygen atoms in total. The van der Waals surface area contributed by atoms with Crippen LogP contribution in [0.25, 0.3) is 0 Å². The number of carbonyl (C=O) groups excluding carboxylic acids is 1. The predicted octanol–water partition coefficient (Wildman–Crippen LogP) is 3.64. The van der Waals surface area contributed by atoms with Crippen molar-refractivity contribution in [3.8, 4) is 11.5 Å². The van der Waals surface area contributed by atoms with Gasteiger partial charge in [-0.15, -0.1) is 34.9 Å². The van der Waals surface area contributed by atoms with Gasteiger partial charge < -0.3 is 14.2 Å². The van der Waals surface area contributed by atoms with Crippen LogP contribution in [0.15, 0.2) is 34.5 Å². The van der Waals surface area contributed by atoms with E-state index in [1.807, 2.05) is 35.7 Å². The number of benzene rings is 1. The van der Waals surface area contributed by atoms with Crippen molar-refractivity contribution in [1.82, 2.24) is 5.32 Å². The van der Waals surface area contributed by atoms with Crippen molar-refractivity contribution in [3.63, 3.8) is 0 Å². The van der Waals surface area contributed by atoms with E-state index in [9.17, 15) is 13.2 Å². The molecule has 1 aromatic carbocycles. The number of rotatable bonds is 7. The van der Waals surface area contributed by atoms with Gasteiger partial charge in [-0.2, -0.15) is 8.42 Å². The molecule has 0 unspecified atom stereocenters. The SMILES string of the molecule is COc1cc(C2SCCS2)ccc1OS(=O)(=O)c1ccc(CNC(C)=O)s1. The van der Waals surface area contributed by atoms with Crippen molar-refractivity contribution in [2.24, 2.45) is 0 Å². The van der Waals surface area contributed by atoms with Gasteiger partial charge in [0.1, 0.15) is 0 Å². The van der Waals surface area contributed by atoms with Crippen molar-refractivity contribution in [2.75, 3.05) is 18.6 Å². The average molecular weight is 446 g/mol. The summed E-state index contributed by atoms with van der Waals surface area (Å²) in [6.07, 6.45) is 0. The van der Waals surface area contributed by atoms with Gasteiger partial charge in [0.2, 0.25) is 5.91 Å². The van der Waals surface area contributed by atoms with Crippen molar-refractivity contribution in [3.05, 3.63) is 40.8 Å². The first kappa shape index (κ1) is 20.4. The number of ether oxygens (including phenoxy) is 1. The summed E-state index contributed by atoms with van der Waals surface area (Å²) >= 11 is 4.78. The van der Waals surface area contributed by atoms with Crippen LogP contribution in [0.5, 0.6) is 11.5 Å². The zero-order valence-corrected chi connectivity index (χ0v) is 18.0. The minimum absolute atomic E-state index is 0.0795. The number of thioether (sulfide) groups is 2. The van der Waals surface area contributed by atoms with E-state index in [0.717, 1.165) is 33.3 Å². The fourth-order valence-electron chi connectivity index (χ4n) is 2.41. The van der Waals surface area contributed by atoms with E-state index in [4.69, 9.17) is 8.92 Å². The molecule has 2 heterocycles. The van der Waals surface area contributed by atoms with E-state index < -0.39 is 10.1 Å². The van der Waals surface area contributed by atoms with E-state index >= 15 is 0 Å². The third kappa shape index (κ3) is 5.13. The van der Waals surface area contributed by atoms with Gasteiger partial charge in [0.15, 0.2) is 15.7 Å². The third-order valence-electron chi connectivity index (χ3n) is 3.68. The number of methoxy groups -OCH3 is 1. The van der Waals surface area contributed by atoms with Crippen molar-refractivity contribution < 1.29 is 22.1 Å². The lowest BCUT2D eigenvalue weighted by Gasteiger charge is -2.14. The maximum Gasteiger partial charge on any atom is 0.348 e. The predicted molar refractivity (Wildman–Crippen MR) is 110 cm³/mol. The number of hydrogen-bond acceptors (Lipinski definition) is 8. The lowest BCUT2D eigenvalue weighted by molar-refractivity contribution is -0.119. The first-order valence-electron chi connectivity index (χ1n) is 8.08. The fourth-order valence-corrected chi connectivity index (χ4v) is 7.44. The van der Waals surface area contributed by atoms with Gasteiger partial charge in [-0.25, -0.2) is 0 Å². The van der Waals surface area contributed by atoms with Gasteiger partial charge >= 0.3 is 10.1 Å². The Balaban J connectivity index is 1.77. The summed E-state index contributed by atoms with van der Waals surface area (Å²) in [5.74, 6) is 2.57. The van der Waals surface area contributed by atoms with Gasteiger partial charge in [0.25, 0.3) is 0 Å². The second-order valence-electron chi connectivity index (χ2n) is 5.65. The molecule has 3 rings (SSSR count). The lowest BCUT2D eigenvalue weighted by atomic mass is 10.2. The highest BCUT2D eigenvalue weighted by Crippen LogP contribution is 2.47. The molecular formula is C17H19NO5S4. The molecule has 0 atom stereocenters. The Morgan fingerprint density at radius 1 is 1.19 bits per heavy atom. The quantitative estimate of drug-likeness (QED) is 0.652. The lowest BCUT2D eigenvalue weighted by Crippen LogP contribution is -2.18. The van der Waals surface area contributed by atoms with Crippen LogP contribution in [0, 0.1) is 0 Å². The minimum atomic E-state index is -3.98. The van der Waals surface area contributed by atoms with E-state index in [0.29, 0.717) is 10.3 Å². The molecule has 1 aliphatic rings. The highest BCUT2D eigenvalue weighted by atomic mass is 32.3.